The van der Waals surface area contributed by atoms with Crippen LogP contribution in [0.2, 0.25) is 0 Å². The first-order valence-electron chi connectivity index (χ1n) is 15.9. The van der Waals surface area contributed by atoms with Crippen LogP contribution in [0.4, 0.5) is 21.0 Å². The van der Waals surface area contributed by atoms with Gasteiger partial charge in [0.25, 0.3) is 0 Å². The van der Waals surface area contributed by atoms with E-state index in [2.05, 4.69) is 48.1 Å². The van der Waals surface area contributed by atoms with Gasteiger partial charge in [-0.25, -0.2) is 9.59 Å². The second kappa shape index (κ2) is 24.5. The van der Waals surface area contributed by atoms with E-state index in [4.69, 9.17) is 9.47 Å². The summed E-state index contributed by atoms with van der Waals surface area (Å²) in [6.45, 7) is 16.2. The van der Waals surface area contributed by atoms with Crippen molar-refractivity contribution in [1.29, 1.82) is 0 Å². The van der Waals surface area contributed by atoms with Crippen LogP contribution in [-0.2, 0) is 9.47 Å². The molecule has 0 aromatic heterocycles. The van der Waals surface area contributed by atoms with Crippen LogP contribution in [0.15, 0.2) is 24.3 Å². The smallest absolute Gasteiger partial charge is 0.411 e. The number of unbranched alkanes of at least 4 members (excludes halogenated alkanes) is 8. The molecule has 0 aliphatic heterocycles. The summed E-state index contributed by atoms with van der Waals surface area (Å²) in [5, 5.41) is 5.47. The molecule has 2 amide bonds. The third kappa shape index (κ3) is 18.9. The fraction of sp³-hybridized carbons (Fsp3) is 0.750. The van der Waals surface area contributed by atoms with Crippen LogP contribution < -0.4 is 10.6 Å². The van der Waals surface area contributed by atoms with E-state index in [1.54, 1.807) is 24.3 Å². The minimum Gasteiger partial charge on any atom is -0.449 e. The van der Waals surface area contributed by atoms with Gasteiger partial charge < -0.3 is 19.3 Å². The molecule has 40 heavy (non-hydrogen) atoms. The lowest BCUT2D eigenvalue weighted by molar-refractivity contribution is 0.156. The number of hydrogen-bond donors (Lipinski definition) is 2. The van der Waals surface area contributed by atoms with E-state index in [1.807, 2.05) is 0 Å². The van der Waals surface area contributed by atoms with Crippen molar-refractivity contribution >= 4 is 23.6 Å². The maximum absolute atomic E-state index is 12.1. The first kappa shape index (κ1) is 35.7. The van der Waals surface area contributed by atoms with Crippen LogP contribution in [-0.4, -0.2) is 74.5 Å². The molecule has 2 N–H and O–H groups in total. The molecule has 8 nitrogen and oxygen atoms in total. The molecular formula is C32H58N4O4. The highest BCUT2D eigenvalue weighted by Gasteiger charge is 2.07. The highest BCUT2D eigenvalue weighted by molar-refractivity contribution is 5.87. The van der Waals surface area contributed by atoms with E-state index < -0.39 is 12.2 Å². The van der Waals surface area contributed by atoms with Crippen molar-refractivity contribution in [1.82, 2.24) is 9.80 Å². The Hall–Kier alpha value is -2.32. The quantitative estimate of drug-likeness (QED) is 0.124. The number of nitrogens with zero attached hydrogens (tertiary/aromatic N) is 2. The number of anilines is 2. The second-order valence-electron chi connectivity index (χ2n) is 10.5. The summed E-state index contributed by atoms with van der Waals surface area (Å²) >= 11 is 0. The SMILES string of the molecule is CCCCCCN(CC)CCCCOC(=O)Nc1ccc(NC(=O)OCCCCN(CC)CCCCCC)cc1. The van der Waals surface area contributed by atoms with Crippen LogP contribution in [0.1, 0.15) is 105 Å². The topological polar surface area (TPSA) is 83.1 Å². The van der Waals surface area contributed by atoms with Crippen molar-refractivity contribution in [2.45, 2.75) is 105 Å². The van der Waals surface area contributed by atoms with Gasteiger partial charge in [0.1, 0.15) is 0 Å². The Kier molecular flexibility index (Phi) is 21.8. The van der Waals surface area contributed by atoms with Gasteiger partial charge in [0.15, 0.2) is 0 Å². The van der Waals surface area contributed by atoms with Gasteiger partial charge in [-0.05, 0) is 102 Å². The van der Waals surface area contributed by atoms with Gasteiger partial charge in [0, 0.05) is 11.4 Å². The number of hydrogen-bond acceptors (Lipinski definition) is 6. The number of carbonyl (C=O) groups excluding carboxylic acids is 2. The minimum absolute atomic E-state index is 0.403. The van der Waals surface area contributed by atoms with Crippen molar-refractivity contribution in [3.8, 4) is 0 Å². The van der Waals surface area contributed by atoms with Crippen LogP contribution in [0, 0.1) is 0 Å². The van der Waals surface area contributed by atoms with Gasteiger partial charge in [-0.3, -0.25) is 10.6 Å². The number of nitrogens with one attached hydrogen (secondary N) is 2. The molecule has 230 valence electrons. The molecule has 1 rings (SSSR count). The van der Waals surface area contributed by atoms with Crippen molar-refractivity contribution in [2.24, 2.45) is 0 Å². The summed E-state index contributed by atoms with van der Waals surface area (Å²) in [4.78, 5) is 29.2. The third-order valence-corrected chi connectivity index (χ3v) is 7.13. The summed E-state index contributed by atoms with van der Waals surface area (Å²) in [6.07, 6.45) is 13.1. The molecule has 0 aliphatic rings. The van der Waals surface area contributed by atoms with E-state index in [9.17, 15) is 9.59 Å². The molecule has 0 aliphatic carbocycles. The predicted molar refractivity (Wildman–Crippen MR) is 167 cm³/mol. The zero-order valence-corrected chi connectivity index (χ0v) is 26.0. The molecule has 0 saturated carbocycles. The molecule has 1 aromatic rings. The minimum atomic E-state index is -0.463. The van der Waals surface area contributed by atoms with Crippen LogP contribution in [0.3, 0.4) is 0 Å². The lowest BCUT2D eigenvalue weighted by Crippen LogP contribution is -2.26. The standard InChI is InChI=1S/C32H58N4O4/c1-5-9-11-13-23-35(7-3)25-15-17-27-39-31(37)33-29-19-21-30(22-20-29)34-32(38)40-28-18-16-26-36(8-4)24-14-12-10-6-2/h19-22H,5-18,23-28H2,1-4H3,(H,33,37)(H,34,38). The Morgan fingerprint density at radius 2 is 0.900 bits per heavy atom. The van der Waals surface area contributed by atoms with Gasteiger partial charge in [0.05, 0.1) is 13.2 Å². The molecule has 0 radical (unpaired) electrons. The van der Waals surface area contributed by atoms with Gasteiger partial charge in [-0.15, -0.1) is 0 Å². The molecule has 0 fully saturated rings. The second-order valence-corrected chi connectivity index (χ2v) is 10.5. The molecule has 8 heteroatoms. The Labute approximate surface area is 244 Å². The molecule has 1 aromatic carbocycles. The van der Waals surface area contributed by atoms with Crippen molar-refractivity contribution in [3.05, 3.63) is 24.3 Å². The van der Waals surface area contributed by atoms with Crippen molar-refractivity contribution < 1.29 is 19.1 Å². The van der Waals surface area contributed by atoms with Gasteiger partial charge in [-0.2, -0.15) is 0 Å². The molecule has 0 spiro atoms. The molecule has 0 bridgehead atoms. The molecule has 0 saturated heterocycles. The third-order valence-electron chi connectivity index (χ3n) is 7.13. The van der Waals surface area contributed by atoms with Crippen LogP contribution in [0.5, 0.6) is 0 Å². The van der Waals surface area contributed by atoms with Crippen LogP contribution >= 0.6 is 0 Å². The van der Waals surface area contributed by atoms with E-state index in [-0.39, 0.29) is 0 Å². The first-order valence-corrected chi connectivity index (χ1v) is 15.9. The molecule has 0 unspecified atom stereocenters. The highest BCUT2D eigenvalue weighted by Crippen LogP contribution is 2.14. The monoisotopic (exact) mass is 562 g/mol. The summed E-state index contributed by atoms with van der Waals surface area (Å²) < 4.78 is 10.6. The van der Waals surface area contributed by atoms with Gasteiger partial charge in [0.2, 0.25) is 0 Å². The molecule has 0 atom stereocenters. The van der Waals surface area contributed by atoms with Crippen LogP contribution in [0.25, 0.3) is 0 Å². The molecular weight excluding hydrogens is 504 g/mol. The average molecular weight is 563 g/mol. The fourth-order valence-electron chi connectivity index (χ4n) is 4.53. The lowest BCUT2D eigenvalue weighted by Gasteiger charge is -2.20. The summed E-state index contributed by atoms with van der Waals surface area (Å²) in [6, 6.07) is 6.92. The Balaban J connectivity index is 2.15. The Bertz CT molecular complexity index is 697. The van der Waals surface area contributed by atoms with Gasteiger partial charge in [-0.1, -0.05) is 66.2 Å². The maximum atomic E-state index is 12.1. The number of rotatable bonds is 24. The predicted octanol–water partition coefficient (Wildman–Crippen LogP) is 8.15. The summed E-state index contributed by atoms with van der Waals surface area (Å²) in [7, 11) is 0. The lowest BCUT2D eigenvalue weighted by atomic mass is 10.2. The first-order chi connectivity index (χ1) is 19.5. The number of ether oxygens (including phenoxy) is 2. The zero-order valence-electron chi connectivity index (χ0n) is 26.0. The van der Waals surface area contributed by atoms with E-state index in [0.29, 0.717) is 24.6 Å². The maximum Gasteiger partial charge on any atom is 0.411 e. The number of carbonyl (C=O) groups is 2. The number of amides is 2. The number of benzene rings is 1. The fourth-order valence-corrected chi connectivity index (χ4v) is 4.53. The van der Waals surface area contributed by atoms with E-state index in [0.717, 1.165) is 65.0 Å². The summed E-state index contributed by atoms with van der Waals surface area (Å²) in [5.74, 6) is 0. The Morgan fingerprint density at radius 1 is 0.550 bits per heavy atom. The van der Waals surface area contributed by atoms with Gasteiger partial charge >= 0.3 is 12.2 Å². The Morgan fingerprint density at radius 3 is 1.23 bits per heavy atom. The van der Waals surface area contributed by atoms with E-state index in [1.165, 1.54) is 51.4 Å². The van der Waals surface area contributed by atoms with Crippen molar-refractivity contribution in [3.63, 3.8) is 0 Å². The summed E-state index contributed by atoms with van der Waals surface area (Å²) in [5.41, 5.74) is 1.23. The van der Waals surface area contributed by atoms with Crippen molar-refractivity contribution in [2.75, 3.05) is 63.1 Å². The molecule has 0 heterocycles. The van der Waals surface area contributed by atoms with E-state index >= 15 is 0 Å². The normalized spacial score (nSPS) is 11.2. The average Bonchev–Trinajstić information content (AvgIpc) is 2.96. The highest BCUT2D eigenvalue weighted by atomic mass is 16.6. The largest absolute Gasteiger partial charge is 0.449 e. The zero-order chi connectivity index (χ0) is 29.3.